The molecular formula is C12H17FN2. The van der Waals surface area contributed by atoms with E-state index in [4.69, 9.17) is 0 Å². The van der Waals surface area contributed by atoms with E-state index < -0.39 is 0 Å². The number of rotatable bonds is 4. The number of benzene rings is 1. The van der Waals surface area contributed by atoms with Gasteiger partial charge in [-0.15, -0.1) is 0 Å². The molecule has 0 amide bonds. The molecule has 0 aliphatic carbocycles. The maximum Gasteiger partial charge on any atom is 0.123 e. The van der Waals surface area contributed by atoms with E-state index in [0.29, 0.717) is 0 Å². The molecule has 82 valence electrons. The Hall–Kier alpha value is -1.09. The van der Waals surface area contributed by atoms with Gasteiger partial charge in [-0.05, 0) is 50.2 Å². The summed E-state index contributed by atoms with van der Waals surface area (Å²) in [6.45, 7) is 4.47. The Morgan fingerprint density at radius 3 is 2.47 bits per heavy atom. The average Bonchev–Trinajstić information content (AvgIpc) is 2.74. The molecule has 1 N–H and O–H groups in total. The van der Waals surface area contributed by atoms with Crippen LogP contribution in [0.5, 0.6) is 0 Å². The second kappa shape index (κ2) is 5.12. The Bertz CT molecular complexity index is 291. The second-order valence-corrected chi connectivity index (χ2v) is 3.98. The number of nitrogens with zero attached hydrogens (tertiary/aromatic N) is 1. The van der Waals surface area contributed by atoms with Crippen molar-refractivity contribution in [2.45, 2.75) is 12.8 Å². The van der Waals surface area contributed by atoms with Crippen molar-refractivity contribution in [3.8, 4) is 0 Å². The molecule has 3 heteroatoms. The molecule has 1 fully saturated rings. The zero-order valence-corrected chi connectivity index (χ0v) is 8.88. The van der Waals surface area contributed by atoms with Crippen LogP contribution in [-0.2, 0) is 0 Å². The van der Waals surface area contributed by atoms with Crippen molar-refractivity contribution >= 4 is 5.69 Å². The molecule has 1 heterocycles. The van der Waals surface area contributed by atoms with Crippen LogP contribution >= 0.6 is 0 Å². The normalized spacial score (nSPS) is 16.9. The van der Waals surface area contributed by atoms with Crippen molar-refractivity contribution in [3.63, 3.8) is 0 Å². The van der Waals surface area contributed by atoms with Crippen LogP contribution < -0.4 is 5.32 Å². The summed E-state index contributed by atoms with van der Waals surface area (Å²) < 4.78 is 12.6. The maximum absolute atomic E-state index is 12.6. The number of nitrogens with one attached hydrogen (secondary N) is 1. The zero-order valence-electron chi connectivity index (χ0n) is 8.88. The zero-order chi connectivity index (χ0) is 10.5. The van der Waals surface area contributed by atoms with Crippen LogP contribution in [0.2, 0.25) is 0 Å². The summed E-state index contributed by atoms with van der Waals surface area (Å²) >= 11 is 0. The van der Waals surface area contributed by atoms with Gasteiger partial charge in [-0.25, -0.2) is 4.39 Å². The van der Waals surface area contributed by atoms with E-state index in [1.54, 1.807) is 12.1 Å². The molecule has 0 bridgehead atoms. The van der Waals surface area contributed by atoms with E-state index in [0.717, 1.165) is 18.8 Å². The van der Waals surface area contributed by atoms with Crippen molar-refractivity contribution in [3.05, 3.63) is 30.1 Å². The predicted octanol–water partition coefficient (Wildman–Crippen LogP) is 2.33. The van der Waals surface area contributed by atoms with E-state index in [1.807, 2.05) is 0 Å². The maximum atomic E-state index is 12.6. The lowest BCUT2D eigenvalue weighted by Crippen LogP contribution is -2.25. The van der Waals surface area contributed by atoms with E-state index in [-0.39, 0.29) is 5.82 Å². The fourth-order valence-electron chi connectivity index (χ4n) is 1.93. The van der Waals surface area contributed by atoms with Gasteiger partial charge in [0, 0.05) is 18.8 Å². The first-order valence-corrected chi connectivity index (χ1v) is 5.56. The van der Waals surface area contributed by atoms with Crippen molar-refractivity contribution in [1.82, 2.24) is 4.90 Å². The van der Waals surface area contributed by atoms with E-state index >= 15 is 0 Å². The van der Waals surface area contributed by atoms with E-state index in [2.05, 4.69) is 10.2 Å². The summed E-state index contributed by atoms with van der Waals surface area (Å²) in [6.07, 6.45) is 2.66. The molecule has 1 aliphatic heterocycles. The van der Waals surface area contributed by atoms with E-state index in [9.17, 15) is 4.39 Å². The fourth-order valence-corrected chi connectivity index (χ4v) is 1.93. The molecular weight excluding hydrogens is 191 g/mol. The van der Waals surface area contributed by atoms with Crippen LogP contribution in [0.1, 0.15) is 12.8 Å². The Morgan fingerprint density at radius 2 is 1.80 bits per heavy atom. The van der Waals surface area contributed by atoms with Gasteiger partial charge in [0.05, 0.1) is 0 Å². The highest BCUT2D eigenvalue weighted by Gasteiger charge is 2.09. The predicted molar refractivity (Wildman–Crippen MR) is 60.6 cm³/mol. The van der Waals surface area contributed by atoms with Crippen LogP contribution in [0.15, 0.2) is 24.3 Å². The monoisotopic (exact) mass is 208 g/mol. The molecule has 1 saturated heterocycles. The number of halogens is 1. The van der Waals surface area contributed by atoms with Crippen molar-refractivity contribution in [1.29, 1.82) is 0 Å². The minimum atomic E-state index is -0.180. The van der Waals surface area contributed by atoms with Gasteiger partial charge in [0.15, 0.2) is 0 Å². The number of likely N-dealkylation sites (tertiary alicyclic amines) is 1. The van der Waals surface area contributed by atoms with Crippen LogP contribution in [0.4, 0.5) is 10.1 Å². The van der Waals surface area contributed by atoms with E-state index in [1.165, 1.54) is 38.1 Å². The van der Waals surface area contributed by atoms with Crippen molar-refractivity contribution < 1.29 is 4.39 Å². The lowest BCUT2D eigenvalue weighted by molar-refractivity contribution is 0.352. The summed E-state index contributed by atoms with van der Waals surface area (Å²) in [4.78, 5) is 2.45. The molecule has 1 aliphatic rings. The van der Waals surface area contributed by atoms with Crippen molar-refractivity contribution in [2.75, 3.05) is 31.5 Å². The van der Waals surface area contributed by atoms with Gasteiger partial charge in [0.1, 0.15) is 5.82 Å². The average molecular weight is 208 g/mol. The SMILES string of the molecule is Fc1ccc(NCCN2CCCC2)cc1. The third-order valence-electron chi connectivity index (χ3n) is 2.80. The summed E-state index contributed by atoms with van der Waals surface area (Å²) in [5.74, 6) is -0.180. The minimum Gasteiger partial charge on any atom is -0.384 e. The summed E-state index contributed by atoms with van der Waals surface area (Å²) in [5.41, 5.74) is 0.996. The van der Waals surface area contributed by atoms with Gasteiger partial charge in [-0.1, -0.05) is 0 Å². The topological polar surface area (TPSA) is 15.3 Å². The Morgan fingerprint density at radius 1 is 1.13 bits per heavy atom. The van der Waals surface area contributed by atoms with Crippen LogP contribution in [0.3, 0.4) is 0 Å². The van der Waals surface area contributed by atoms with Gasteiger partial charge < -0.3 is 10.2 Å². The highest BCUT2D eigenvalue weighted by Crippen LogP contribution is 2.09. The summed E-state index contributed by atoms with van der Waals surface area (Å²) in [5, 5.41) is 3.29. The van der Waals surface area contributed by atoms with Gasteiger partial charge in [-0.2, -0.15) is 0 Å². The molecule has 0 spiro atoms. The lowest BCUT2D eigenvalue weighted by Gasteiger charge is -2.15. The molecule has 0 atom stereocenters. The largest absolute Gasteiger partial charge is 0.384 e. The van der Waals surface area contributed by atoms with Gasteiger partial charge in [0.2, 0.25) is 0 Å². The molecule has 15 heavy (non-hydrogen) atoms. The Kier molecular flexibility index (Phi) is 3.56. The third-order valence-corrected chi connectivity index (χ3v) is 2.80. The quantitative estimate of drug-likeness (QED) is 0.817. The standard InChI is InChI=1S/C12H17FN2/c13-11-3-5-12(6-4-11)14-7-10-15-8-1-2-9-15/h3-6,14H,1-2,7-10H2. The number of anilines is 1. The molecule has 1 aromatic rings. The minimum absolute atomic E-state index is 0.180. The third kappa shape index (κ3) is 3.20. The first-order chi connectivity index (χ1) is 7.34. The van der Waals surface area contributed by atoms with Gasteiger partial charge in [0.25, 0.3) is 0 Å². The van der Waals surface area contributed by atoms with Gasteiger partial charge in [-0.3, -0.25) is 0 Å². The smallest absolute Gasteiger partial charge is 0.123 e. The number of hydrogen-bond acceptors (Lipinski definition) is 2. The summed E-state index contributed by atoms with van der Waals surface area (Å²) in [7, 11) is 0. The van der Waals surface area contributed by atoms with Gasteiger partial charge >= 0.3 is 0 Å². The van der Waals surface area contributed by atoms with Crippen LogP contribution in [0, 0.1) is 5.82 Å². The molecule has 0 saturated carbocycles. The second-order valence-electron chi connectivity index (χ2n) is 3.98. The molecule has 0 radical (unpaired) electrons. The first-order valence-electron chi connectivity index (χ1n) is 5.56. The molecule has 1 aromatic carbocycles. The lowest BCUT2D eigenvalue weighted by atomic mass is 10.3. The molecule has 0 aromatic heterocycles. The Balaban J connectivity index is 1.71. The first kappa shape index (κ1) is 10.4. The summed E-state index contributed by atoms with van der Waals surface area (Å²) in [6, 6.07) is 6.52. The Labute approximate surface area is 90.1 Å². The molecule has 2 rings (SSSR count). The highest BCUT2D eigenvalue weighted by molar-refractivity contribution is 5.42. The molecule has 2 nitrogen and oxygen atoms in total. The number of hydrogen-bond donors (Lipinski definition) is 1. The van der Waals surface area contributed by atoms with Crippen LogP contribution in [-0.4, -0.2) is 31.1 Å². The van der Waals surface area contributed by atoms with Crippen LogP contribution in [0.25, 0.3) is 0 Å². The molecule has 0 unspecified atom stereocenters. The highest BCUT2D eigenvalue weighted by atomic mass is 19.1. The fraction of sp³-hybridized carbons (Fsp3) is 0.500. The van der Waals surface area contributed by atoms with Crippen molar-refractivity contribution in [2.24, 2.45) is 0 Å².